The summed E-state index contributed by atoms with van der Waals surface area (Å²) in [4.78, 5) is 0. The van der Waals surface area contributed by atoms with Crippen LogP contribution in [-0.2, 0) is 14.2 Å². The first-order valence-corrected chi connectivity index (χ1v) is 6.50. The van der Waals surface area contributed by atoms with Crippen molar-refractivity contribution in [2.75, 3.05) is 27.9 Å². The van der Waals surface area contributed by atoms with Gasteiger partial charge in [-0.25, -0.2) is 0 Å². The molecule has 0 aliphatic carbocycles. The molecular formula is C14H32O4. The van der Waals surface area contributed by atoms with Gasteiger partial charge >= 0.3 is 0 Å². The first-order valence-electron chi connectivity index (χ1n) is 6.50. The normalized spacial score (nSPS) is 31.0. The molecule has 1 heterocycles. The van der Waals surface area contributed by atoms with E-state index in [0.717, 1.165) is 12.3 Å². The van der Waals surface area contributed by atoms with Crippen LogP contribution in [0.1, 0.15) is 41.0 Å². The Kier molecular flexibility index (Phi) is 12.0. The second-order valence-electron chi connectivity index (χ2n) is 5.43. The number of aliphatic hydroxyl groups is 1. The van der Waals surface area contributed by atoms with Gasteiger partial charge in [-0.15, -0.1) is 0 Å². The van der Waals surface area contributed by atoms with Crippen molar-refractivity contribution in [3.8, 4) is 0 Å². The highest BCUT2D eigenvalue weighted by atomic mass is 16.5. The van der Waals surface area contributed by atoms with E-state index in [1.165, 1.54) is 0 Å². The lowest BCUT2D eigenvalue weighted by atomic mass is 9.89. The van der Waals surface area contributed by atoms with Crippen molar-refractivity contribution in [1.29, 1.82) is 0 Å². The largest absolute Gasteiger partial charge is 0.388 e. The van der Waals surface area contributed by atoms with E-state index in [2.05, 4.69) is 25.5 Å². The quantitative estimate of drug-likeness (QED) is 0.790. The van der Waals surface area contributed by atoms with E-state index in [1.807, 2.05) is 13.8 Å². The molecule has 1 saturated heterocycles. The molecule has 1 rings (SSSR count). The van der Waals surface area contributed by atoms with E-state index in [9.17, 15) is 5.11 Å². The molecule has 0 saturated carbocycles. The van der Waals surface area contributed by atoms with Crippen LogP contribution >= 0.6 is 0 Å². The molecule has 1 fully saturated rings. The average Bonchev–Trinajstić information content (AvgIpc) is 2.26. The van der Waals surface area contributed by atoms with Gasteiger partial charge in [-0.05, 0) is 19.8 Å². The van der Waals surface area contributed by atoms with Gasteiger partial charge in [-0.3, -0.25) is 0 Å². The highest BCUT2D eigenvalue weighted by molar-refractivity contribution is 4.90. The van der Waals surface area contributed by atoms with Crippen molar-refractivity contribution in [2.45, 2.75) is 58.8 Å². The topological polar surface area (TPSA) is 47.9 Å². The van der Waals surface area contributed by atoms with Crippen LogP contribution in [0, 0.1) is 5.92 Å². The molecule has 0 spiro atoms. The minimum absolute atomic E-state index is 0.117. The Labute approximate surface area is 113 Å². The summed E-state index contributed by atoms with van der Waals surface area (Å²) in [5.74, 6) is 0.833. The molecule has 0 radical (unpaired) electrons. The van der Waals surface area contributed by atoms with E-state index in [1.54, 1.807) is 21.3 Å². The van der Waals surface area contributed by atoms with Gasteiger partial charge in [-0.1, -0.05) is 20.8 Å². The van der Waals surface area contributed by atoms with Gasteiger partial charge in [0.25, 0.3) is 0 Å². The molecule has 4 heteroatoms. The summed E-state index contributed by atoms with van der Waals surface area (Å²) in [6, 6.07) is 0. The Bertz CT molecular complexity index is 182. The van der Waals surface area contributed by atoms with Crippen LogP contribution < -0.4 is 0 Å². The molecule has 1 aliphatic rings. The van der Waals surface area contributed by atoms with Gasteiger partial charge in [0.15, 0.2) is 0 Å². The maximum Gasteiger partial charge on any atom is 0.109 e. The Morgan fingerprint density at radius 3 is 1.89 bits per heavy atom. The number of hydrogen-bond donors (Lipinski definition) is 1. The molecule has 18 heavy (non-hydrogen) atoms. The molecule has 112 valence electrons. The number of ether oxygens (including phenoxy) is 3. The van der Waals surface area contributed by atoms with Crippen LogP contribution in [0.2, 0.25) is 0 Å². The standard InChI is InChI=1S/C8H16O3.C4H10.C2H6O/c1-6-7(9)8(2,10-3)4-5-11-6;1-4(2)3;1-3-2/h6-7,9H,4-5H2,1-3H3;4H,1-3H3;1-2H3/t6?,7-,8?;;/m0../s1. The summed E-state index contributed by atoms with van der Waals surface area (Å²) < 4.78 is 14.7. The molecule has 0 aromatic carbocycles. The van der Waals surface area contributed by atoms with Crippen LogP contribution in [0.15, 0.2) is 0 Å². The van der Waals surface area contributed by atoms with Gasteiger partial charge in [0.2, 0.25) is 0 Å². The zero-order chi connectivity index (χ0) is 14.8. The first-order chi connectivity index (χ1) is 8.25. The predicted octanol–water partition coefficient (Wildman–Crippen LogP) is 2.49. The van der Waals surface area contributed by atoms with Crippen molar-refractivity contribution >= 4 is 0 Å². The van der Waals surface area contributed by atoms with E-state index in [4.69, 9.17) is 9.47 Å². The lowest BCUT2D eigenvalue weighted by Gasteiger charge is -2.40. The summed E-state index contributed by atoms with van der Waals surface area (Å²) in [7, 11) is 4.88. The van der Waals surface area contributed by atoms with Gasteiger partial charge in [0.05, 0.1) is 11.7 Å². The highest BCUT2D eigenvalue weighted by Crippen LogP contribution is 2.27. The second kappa shape index (κ2) is 10.7. The third-order valence-electron chi connectivity index (χ3n) is 2.52. The maximum atomic E-state index is 9.65. The van der Waals surface area contributed by atoms with Crippen LogP contribution in [0.4, 0.5) is 0 Å². The molecule has 0 aromatic rings. The van der Waals surface area contributed by atoms with E-state index < -0.39 is 11.7 Å². The SMILES string of the molecule is CC(C)C.COC.COC1(C)CCOC(C)[C@@H]1O. The summed E-state index contributed by atoms with van der Waals surface area (Å²) in [6.07, 6.45) is 0.129. The van der Waals surface area contributed by atoms with Crippen molar-refractivity contribution in [3.05, 3.63) is 0 Å². The summed E-state index contributed by atoms with van der Waals surface area (Å²) in [6.45, 7) is 10.9. The zero-order valence-electron chi connectivity index (χ0n) is 13.3. The van der Waals surface area contributed by atoms with Gasteiger partial charge in [-0.2, -0.15) is 0 Å². The van der Waals surface area contributed by atoms with E-state index in [0.29, 0.717) is 6.61 Å². The van der Waals surface area contributed by atoms with Crippen LogP contribution in [0.25, 0.3) is 0 Å². The van der Waals surface area contributed by atoms with Crippen molar-refractivity contribution < 1.29 is 19.3 Å². The third-order valence-corrected chi connectivity index (χ3v) is 2.52. The fourth-order valence-electron chi connectivity index (χ4n) is 1.41. The molecule has 0 bridgehead atoms. The maximum absolute atomic E-state index is 9.65. The molecule has 2 unspecified atom stereocenters. The fraction of sp³-hybridized carbons (Fsp3) is 1.00. The molecule has 3 atom stereocenters. The smallest absolute Gasteiger partial charge is 0.109 e. The van der Waals surface area contributed by atoms with Crippen LogP contribution in [0.3, 0.4) is 0 Å². The summed E-state index contributed by atoms with van der Waals surface area (Å²) in [5.41, 5.74) is -0.419. The second-order valence-corrected chi connectivity index (χ2v) is 5.43. The molecule has 4 nitrogen and oxygen atoms in total. The monoisotopic (exact) mass is 264 g/mol. The molecule has 0 amide bonds. The number of aliphatic hydroxyl groups excluding tert-OH is 1. The van der Waals surface area contributed by atoms with Gasteiger partial charge < -0.3 is 19.3 Å². The zero-order valence-corrected chi connectivity index (χ0v) is 13.3. The lowest BCUT2D eigenvalue weighted by molar-refractivity contribution is -0.188. The van der Waals surface area contributed by atoms with Crippen molar-refractivity contribution in [1.82, 2.24) is 0 Å². The summed E-state index contributed by atoms with van der Waals surface area (Å²) in [5, 5.41) is 9.65. The van der Waals surface area contributed by atoms with E-state index in [-0.39, 0.29) is 6.10 Å². The summed E-state index contributed by atoms with van der Waals surface area (Å²) >= 11 is 0. The van der Waals surface area contributed by atoms with Crippen LogP contribution in [0.5, 0.6) is 0 Å². The Balaban J connectivity index is 0. The number of hydrogen-bond acceptors (Lipinski definition) is 4. The van der Waals surface area contributed by atoms with E-state index >= 15 is 0 Å². The number of methoxy groups -OCH3 is 2. The number of rotatable bonds is 1. The molecule has 0 aromatic heterocycles. The minimum Gasteiger partial charge on any atom is -0.388 e. The lowest BCUT2D eigenvalue weighted by Crippen LogP contribution is -2.52. The third kappa shape index (κ3) is 8.86. The Hall–Kier alpha value is -0.160. The average molecular weight is 264 g/mol. The first kappa shape index (κ1) is 20.2. The minimum atomic E-state index is -0.513. The highest BCUT2D eigenvalue weighted by Gasteiger charge is 2.40. The molecular weight excluding hydrogens is 232 g/mol. The van der Waals surface area contributed by atoms with Crippen molar-refractivity contribution in [2.24, 2.45) is 5.92 Å². The Morgan fingerprint density at radius 2 is 1.61 bits per heavy atom. The fourth-order valence-corrected chi connectivity index (χ4v) is 1.41. The van der Waals surface area contributed by atoms with Gasteiger partial charge in [0, 0.05) is 34.4 Å². The molecule has 1 N–H and O–H groups in total. The molecule has 1 aliphatic heterocycles. The van der Waals surface area contributed by atoms with Gasteiger partial charge in [0.1, 0.15) is 6.10 Å². The van der Waals surface area contributed by atoms with Crippen LogP contribution in [-0.4, -0.2) is 50.9 Å². The Morgan fingerprint density at radius 1 is 1.22 bits per heavy atom. The van der Waals surface area contributed by atoms with Crippen molar-refractivity contribution in [3.63, 3.8) is 0 Å². The predicted molar refractivity (Wildman–Crippen MR) is 74.9 cm³/mol.